The molecule has 2 aromatic heterocycles. The Kier molecular flexibility index (Phi) is 4.96. The van der Waals surface area contributed by atoms with Gasteiger partial charge in [-0.1, -0.05) is 6.42 Å². The van der Waals surface area contributed by atoms with Crippen LogP contribution in [0.2, 0.25) is 0 Å². The SMILES string of the molecule is O=C(O)[C@H]1O[C@@H](n2cnc3c(NCC45CC6CC(CC(C6)C4)C5)ncnc32)[C@H]2OC3(CCCCC3)OC12. The van der Waals surface area contributed by atoms with E-state index >= 15 is 0 Å². The molecule has 2 saturated heterocycles. The number of nitrogens with one attached hydrogen (secondary N) is 1. The van der Waals surface area contributed by atoms with E-state index < -0.39 is 36.3 Å². The summed E-state index contributed by atoms with van der Waals surface area (Å²) in [5.74, 6) is 1.68. The van der Waals surface area contributed by atoms with Crippen molar-refractivity contribution in [2.75, 3.05) is 11.9 Å². The average molecular weight is 510 g/mol. The van der Waals surface area contributed by atoms with Gasteiger partial charge in [0.25, 0.3) is 0 Å². The lowest BCUT2D eigenvalue weighted by molar-refractivity contribution is -0.231. The van der Waals surface area contributed by atoms with E-state index in [2.05, 4.69) is 20.3 Å². The van der Waals surface area contributed by atoms with E-state index in [0.717, 1.165) is 62.2 Å². The molecule has 7 fully saturated rings. The first kappa shape index (κ1) is 22.7. The van der Waals surface area contributed by atoms with Crippen LogP contribution >= 0.6 is 0 Å². The summed E-state index contributed by atoms with van der Waals surface area (Å²) < 4.78 is 20.6. The standard InChI is InChI=1S/C27H35N5O5/c33-25(34)21-19-20(37-27(36-19)4-2-1-3-5-27)24(35-21)32-14-31-18-22(29-13-30-23(18)32)28-12-26-9-15-6-16(10-26)8-17(7-15)11-26/h13-17,19-21,24H,1-12H2,(H,33,34)(H,28,29,30)/t15?,16?,17?,19?,20-,21-,24+,26?/m0/s1. The molecule has 9 rings (SSSR count). The number of nitrogens with zero attached hydrogens (tertiary/aromatic N) is 4. The monoisotopic (exact) mass is 509 g/mol. The largest absolute Gasteiger partial charge is 0.479 e. The van der Waals surface area contributed by atoms with E-state index in [9.17, 15) is 9.90 Å². The van der Waals surface area contributed by atoms with E-state index in [1.807, 2.05) is 0 Å². The van der Waals surface area contributed by atoms with Crippen molar-refractivity contribution in [2.24, 2.45) is 23.2 Å². The van der Waals surface area contributed by atoms with Gasteiger partial charge in [0, 0.05) is 19.4 Å². The molecule has 0 radical (unpaired) electrons. The first-order valence-electron chi connectivity index (χ1n) is 14.2. The van der Waals surface area contributed by atoms with Gasteiger partial charge in [-0.2, -0.15) is 0 Å². The molecule has 0 amide bonds. The van der Waals surface area contributed by atoms with E-state index in [-0.39, 0.29) is 0 Å². The number of carboxylic acid groups (broad SMARTS) is 1. The Hall–Kier alpha value is -2.30. The lowest BCUT2D eigenvalue weighted by Crippen LogP contribution is -2.49. The zero-order valence-electron chi connectivity index (χ0n) is 21.1. The van der Waals surface area contributed by atoms with Gasteiger partial charge in [0.2, 0.25) is 0 Å². The fourth-order valence-corrected chi connectivity index (χ4v) is 9.11. The minimum Gasteiger partial charge on any atom is -0.479 e. The molecular formula is C27H35N5O5. The first-order valence-corrected chi connectivity index (χ1v) is 14.2. The zero-order valence-corrected chi connectivity index (χ0v) is 21.1. The molecule has 5 aliphatic carbocycles. The van der Waals surface area contributed by atoms with Gasteiger partial charge in [-0.05, 0) is 74.5 Å². The summed E-state index contributed by atoms with van der Waals surface area (Å²) in [7, 11) is 0. The molecule has 4 atom stereocenters. The van der Waals surface area contributed by atoms with Crippen LogP contribution in [-0.4, -0.2) is 61.2 Å². The van der Waals surface area contributed by atoms with Gasteiger partial charge in [-0.3, -0.25) is 4.57 Å². The molecule has 4 bridgehead atoms. The van der Waals surface area contributed by atoms with Gasteiger partial charge in [-0.15, -0.1) is 0 Å². The van der Waals surface area contributed by atoms with E-state index in [4.69, 9.17) is 14.2 Å². The van der Waals surface area contributed by atoms with Crippen molar-refractivity contribution in [3.8, 4) is 0 Å². The Morgan fingerprint density at radius 1 is 1.00 bits per heavy atom. The Morgan fingerprint density at radius 2 is 1.70 bits per heavy atom. The summed E-state index contributed by atoms with van der Waals surface area (Å²) in [6.07, 6.45) is 13.3. The molecule has 2 aromatic rings. The molecule has 10 nitrogen and oxygen atoms in total. The minimum absolute atomic E-state index is 0.369. The lowest BCUT2D eigenvalue weighted by atomic mass is 9.49. The van der Waals surface area contributed by atoms with Crippen LogP contribution in [0.3, 0.4) is 0 Å². The molecule has 0 aromatic carbocycles. The maximum Gasteiger partial charge on any atom is 0.335 e. The van der Waals surface area contributed by atoms with E-state index in [1.165, 1.54) is 38.5 Å². The van der Waals surface area contributed by atoms with E-state index in [0.29, 0.717) is 16.6 Å². The van der Waals surface area contributed by atoms with Gasteiger partial charge in [0.1, 0.15) is 18.5 Å². The number of aliphatic carboxylic acids is 1. The molecular weight excluding hydrogens is 474 g/mol. The Balaban J connectivity index is 1.07. The van der Waals surface area contributed by atoms with Crippen molar-refractivity contribution < 1.29 is 24.1 Å². The Labute approximate surface area is 215 Å². The predicted molar refractivity (Wildman–Crippen MR) is 132 cm³/mol. The highest BCUT2D eigenvalue weighted by atomic mass is 16.8. The highest BCUT2D eigenvalue weighted by Gasteiger charge is 2.61. The highest BCUT2D eigenvalue weighted by Crippen LogP contribution is 2.60. The number of hydrogen-bond donors (Lipinski definition) is 2. The molecule has 198 valence electrons. The third-order valence-electron chi connectivity index (χ3n) is 10.2. The smallest absolute Gasteiger partial charge is 0.335 e. The Morgan fingerprint density at radius 3 is 2.41 bits per heavy atom. The second-order valence-electron chi connectivity index (χ2n) is 12.7. The first-order chi connectivity index (χ1) is 18.0. The van der Waals surface area contributed by atoms with E-state index in [1.54, 1.807) is 17.2 Å². The van der Waals surface area contributed by atoms with Gasteiger partial charge in [0.15, 0.2) is 35.1 Å². The number of anilines is 1. The van der Waals surface area contributed by atoms with Crippen molar-refractivity contribution in [3.63, 3.8) is 0 Å². The number of hydrogen-bond acceptors (Lipinski definition) is 8. The van der Waals surface area contributed by atoms with Crippen LogP contribution in [0.15, 0.2) is 12.7 Å². The third-order valence-corrected chi connectivity index (χ3v) is 10.2. The van der Waals surface area contributed by atoms with Crippen LogP contribution in [0.1, 0.15) is 76.9 Å². The lowest BCUT2D eigenvalue weighted by Gasteiger charge is -2.57. The van der Waals surface area contributed by atoms with Crippen LogP contribution in [-0.2, 0) is 19.0 Å². The maximum absolute atomic E-state index is 12.1. The van der Waals surface area contributed by atoms with Crippen LogP contribution in [0.5, 0.6) is 0 Å². The van der Waals surface area contributed by atoms with Gasteiger partial charge >= 0.3 is 5.97 Å². The maximum atomic E-state index is 12.1. The number of aromatic nitrogens is 4. The van der Waals surface area contributed by atoms with Gasteiger partial charge in [-0.25, -0.2) is 19.7 Å². The average Bonchev–Trinajstić information content (AvgIpc) is 3.54. The van der Waals surface area contributed by atoms with Crippen LogP contribution in [0.25, 0.3) is 11.2 Å². The molecule has 7 aliphatic rings. The second kappa shape index (κ2) is 8.10. The van der Waals surface area contributed by atoms with Gasteiger partial charge < -0.3 is 24.6 Å². The molecule has 2 aliphatic heterocycles. The number of rotatable bonds is 5. The number of ether oxygens (including phenoxy) is 3. The molecule has 2 N–H and O–H groups in total. The number of carbonyl (C=O) groups is 1. The summed E-state index contributed by atoms with van der Waals surface area (Å²) in [4.78, 5) is 25.8. The molecule has 10 heteroatoms. The predicted octanol–water partition coefficient (Wildman–Crippen LogP) is 3.88. The molecule has 1 unspecified atom stereocenters. The second-order valence-corrected chi connectivity index (χ2v) is 12.7. The van der Waals surface area contributed by atoms with Crippen LogP contribution in [0, 0.1) is 23.2 Å². The fourth-order valence-electron chi connectivity index (χ4n) is 9.11. The number of fused-ring (bicyclic) bond motifs is 2. The van der Waals surface area contributed by atoms with Crippen LogP contribution in [0.4, 0.5) is 5.82 Å². The van der Waals surface area contributed by atoms with Crippen molar-refractivity contribution in [3.05, 3.63) is 12.7 Å². The summed E-state index contributed by atoms with van der Waals surface area (Å²) in [6, 6.07) is 0. The highest BCUT2D eigenvalue weighted by molar-refractivity contribution is 5.82. The van der Waals surface area contributed by atoms with Crippen molar-refractivity contribution in [1.29, 1.82) is 0 Å². The summed E-state index contributed by atoms with van der Waals surface area (Å²) in [5.41, 5.74) is 1.66. The molecule has 1 spiro atoms. The summed E-state index contributed by atoms with van der Waals surface area (Å²) in [6.45, 7) is 0.917. The van der Waals surface area contributed by atoms with Crippen molar-refractivity contribution >= 4 is 23.0 Å². The minimum atomic E-state index is -1.09. The van der Waals surface area contributed by atoms with Crippen molar-refractivity contribution in [2.45, 2.75) is 101 Å². The fraction of sp³-hybridized carbons (Fsp3) is 0.778. The molecule has 4 heterocycles. The van der Waals surface area contributed by atoms with Gasteiger partial charge in [0.05, 0.1) is 6.33 Å². The quantitative estimate of drug-likeness (QED) is 0.618. The molecule has 5 saturated carbocycles. The normalized spacial score (nSPS) is 41.5. The molecule has 37 heavy (non-hydrogen) atoms. The zero-order chi connectivity index (χ0) is 24.8. The van der Waals surface area contributed by atoms with Crippen molar-refractivity contribution in [1.82, 2.24) is 19.5 Å². The summed E-state index contributed by atoms with van der Waals surface area (Å²) in [5, 5.41) is 13.5. The topological polar surface area (TPSA) is 121 Å². The third kappa shape index (κ3) is 3.55. The number of imidazole rings is 1. The summed E-state index contributed by atoms with van der Waals surface area (Å²) >= 11 is 0. The van der Waals surface area contributed by atoms with Crippen LogP contribution < -0.4 is 5.32 Å². The number of carboxylic acids is 1. The Bertz CT molecular complexity index is 1190.